The normalized spacial score (nSPS) is 16.3. The van der Waals surface area contributed by atoms with Gasteiger partial charge in [-0.3, -0.25) is 9.52 Å². The minimum absolute atomic E-state index is 0.00436. The van der Waals surface area contributed by atoms with E-state index < -0.39 is 10.0 Å². The Kier molecular flexibility index (Phi) is 6.29. The topological polar surface area (TPSA) is 108 Å². The molecule has 3 rings (SSSR count). The summed E-state index contributed by atoms with van der Waals surface area (Å²) < 4.78 is 33.2. The molecule has 146 valence electrons. The summed E-state index contributed by atoms with van der Waals surface area (Å²) in [5, 5.41) is 11.9. The Hall–Kier alpha value is -2.89. The molecule has 1 amide bonds. The Morgan fingerprint density at radius 3 is 2.68 bits per heavy atom. The van der Waals surface area contributed by atoms with E-state index in [1.165, 1.54) is 6.07 Å². The Bertz CT molecular complexity index is 993. The van der Waals surface area contributed by atoms with Gasteiger partial charge in [0.15, 0.2) is 0 Å². The predicted molar refractivity (Wildman–Crippen MR) is 105 cm³/mol. The van der Waals surface area contributed by atoms with E-state index in [-0.39, 0.29) is 29.0 Å². The van der Waals surface area contributed by atoms with Crippen molar-refractivity contribution >= 4 is 21.6 Å². The quantitative estimate of drug-likeness (QED) is 0.743. The third-order valence-electron chi connectivity index (χ3n) is 4.43. The van der Waals surface area contributed by atoms with Crippen molar-refractivity contribution in [2.75, 3.05) is 17.9 Å². The van der Waals surface area contributed by atoms with Crippen LogP contribution in [0.2, 0.25) is 0 Å². The highest BCUT2D eigenvalue weighted by molar-refractivity contribution is 7.91. The lowest BCUT2D eigenvalue weighted by molar-refractivity contribution is 0.0858. The number of carbonyl (C=O) groups is 1. The van der Waals surface area contributed by atoms with Gasteiger partial charge in [-0.2, -0.15) is 5.26 Å². The number of nitriles is 1. The number of rotatable bonds is 7. The Balaban J connectivity index is 1.73. The molecule has 1 saturated heterocycles. The summed E-state index contributed by atoms with van der Waals surface area (Å²) >= 11 is 0. The average Bonchev–Trinajstić information content (AvgIpc) is 3.20. The number of anilines is 1. The number of hydrogen-bond donors (Lipinski definition) is 2. The van der Waals surface area contributed by atoms with E-state index in [0.717, 1.165) is 12.8 Å². The van der Waals surface area contributed by atoms with E-state index in [1.54, 1.807) is 42.5 Å². The minimum atomic E-state index is -3.81. The van der Waals surface area contributed by atoms with Gasteiger partial charge in [0.2, 0.25) is 10.0 Å². The van der Waals surface area contributed by atoms with Gasteiger partial charge in [0, 0.05) is 13.2 Å². The van der Waals surface area contributed by atoms with Gasteiger partial charge >= 0.3 is 0 Å². The number of carbonyl (C=O) groups excluding carboxylic acids is 1. The van der Waals surface area contributed by atoms with Crippen molar-refractivity contribution in [2.24, 2.45) is 0 Å². The zero-order valence-corrected chi connectivity index (χ0v) is 16.0. The van der Waals surface area contributed by atoms with E-state index in [9.17, 15) is 13.2 Å². The van der Waals surface area contributed by atoms with Crippen molar-refractivity contribution in [2.45, 2.75) is 24.7 Å². The van der Waals surface area contributed by atoms with Gasteiger partial charge in [-0.25, -0.2) is 8.42 Å². The summed E-state index contributed by atoms with van der Waals surface area (Å²) in [4.78, 5) is 12.5. The van der Waals surface area contributed by atoms with E-state index in [0.29, 0.717) is 24.3 Å². The highest BCUT2D eigenvalue weighted by atomic mass is 32.2. The third kappa shape index (κ3) is 5.09. The first-order chi connectivity index (χ1) is 13.5. The van der Waals surface area contributed by atoms with Crippen LogP contribution in [0.3, 0.4) is 0 Å². The largest absolute Gasteiger partial charge is 0.376 e. The first-order valence-corrected chi connectivity index (χ1v) is 10.6. The second kappa shape index (κ2) is 8.87. The molecule has 0 aliphatic carbocycles. The molecule has 1 fully saturated rings. The average molecular weight is 399 g/mol. The number of nitrogens with zero attached hydrogens (tertiary/aromatic N) is 1. The van der Waals surface area contributed by atoms with Crippen LogP contribution in [0.5, 0.6) is 0 Å². The SMILES string of the molecule is N#Cc1ccccc1CS(=O)(=O)Nc1ccccc1C(=O)NC[C@@H]1CCCO1. The number of nitrogens with one attached hydrogen (secondary N) is 2. The molecular weight excluding hydrogens is 378 g/mol. The van der Waals surface area contributed by atoms with Crippen molar-refractivity contribution in [1.82, 2.24) is 5.32 Å². The molecule has 0 unspecified atom stereocenters. The van der Waals surface area contributed by atoms with E-state index in [2.05, 4.69) is 10.0 Å². The number of ether oxygens (including phenoxy) is 1. The molecule has 0 radical (unpaired) electrons. The molecule has 28 heavy (non-hydrogen) atoms. The summed E-state index contributed by atoms with van der Waals surface area (Å²) in [5.41, 5.74) is 1.13. The molecule has 1 aliphatic rings. The summed E-state index contributed by atoms with van der Waals surface area (Å²) in [5.74, 6) is -0.728. The van der Waals surface area contributed by atoms with E-state index >= 15 is 0 Å². The zero-order chi connectivity index (χ0) is 20.0. The van der Waals surface area contributed by atoms with Crippen LogP contribution in [0, 0.1) is 11.3 Å². The van der Waals surface area contributed by atoms with Crippen LogP contribution in [0.15, 0.2) is 48.5 Å². The van der Waals surface area contributed by atoms with Crippen molar-refractivity contribution in [1.29, 1.82) is 5.26 Å². The second-order valence-electron chi connectivity index (χ2n) is 6.52. The summed E-state index contributed by atoms with van der Waals surface area (Å²) in [6.45, 7) is 1.08. The molecular formula is C20H21N3O4S. The van der Waals surface area contributed by atoms with Gasteiger partial charge in [-0.05, 0) is 36.6 Å². The highest BCUT2D eigenvalue weighted by Crippen LogP contribution is 2.20. The van der Waals surface area contributed by atoms with E-state index in [4.69, 9.17) is 10.00 Å². The fraction of sp³-hybridized carbons (Fsp3) is 0.300. The van der Waals surface area contributed by atoms with Crippen LogP contribution in [0.25, 0.3) is 0 Å². The lowest BCUT2D eigenvalue weighted by Crippen LogP contribution is -2.32. The first-order valence-electron chi connectivity index (χ1n) is 8.96. The Morgan fingerprint density at radius 2 is 1.93 bits per heavy atom. The monoisotopic (exact) mass is 399 g/mol. The van der Waals surface area contributed by atoms with E-state index in [1.807, 2.05) is 6.07 Å². The van der Waals surface area contributed by atoms with Gasteiger partial charge in [0.05, 0.1) is 34.7 Å². The molecule has 2 N–H and O–H groups in total. The van der Waals surface area contributed by atoms with Gasteiger partial charge in [-0.15, -0.1) is 0 Å². The molecule has 0 saturated carbocycles. The number of benzene rings is 2. The molecule has 7 nitrogen and oxygen atoms in total. The van der Waals surface area contributed by atoms with Crippen molar-refractivity contribution in [3.05, 3.63) is 65.2 Å². The van der Waals surface area contributed by atoms with Crippen molar-refractivity contribution < 1.29 is 17.9 Å². The van der Waals surface area contributed by atoms with Crippen LogP contribution in [0.1, 0.15) is 34.3 Å². The fourth-order valence-electron chi connectivity index (χ4n) is 3.04. The molecule has 1 atom stereocenters. The Labute approximate surface area is 164 Å². The molecule has 2 aromatic carbocycles. The van der Waals surface area contributed by atoms with Crippen LogP contribution >= 0.6 is 0 Å². The molecule has 0 aromatic heterocycles. The molecule has 0 bridgehead atoms. The smallest absolute Gasteiger partial charge is 0.253 e. The lowest BCUT2D eigenvalue weighted by atomic mass is 10.1. The number of para-hydroxylation sites is 1. The predicted octanol–water partition coefficient (Wildman–Crippen LogP) is 2.41. The van der Waals surface area contributed by atoms with Crippen molar-refractivity contribution in [3.8, 4) is 6.07 Å². The second-order valence-corrected chi connectivity index (χ2v) is 8.24. The fourth-order valence-corrected chi connectivity index (χ4v) is 4.29. The lowest BCUT2D eigenvalue weighted by Gasteiger charge is -2.14. The summed E-state index contributed by atoms with van der Waals surface area (Å²) in [6, 6.07) is 14.9. The molecule has 2 aromatic rings. The highest BCUT2D eigenvalue weighted by Gasteiger charge is 2.20. The van der Waals surface area contributed by atoms with Crippen LogP contribution < -0.4 is 10.0 Å². The number of sulfonamides is 1. The van der Waals surface area contributed by atoms with Crippen LogP contribution in [0.4, 0.5) is 5.69 Å². The first kappa shape index (κ1) is 19.9. The maximum Gasteiger partial charge on any atom is 0.253 e. The standard InChI is InChI=1S/C20H21N3O4S/c21-12-15-6-1-2-7-16(15)14-28(25,26)23-19-10-4-3-9-18(19)20(24)22-13-17-8-5-11-27-17/h1-4,6-7,9-10,17,23H,5,8,11,13-14H2,(H,22,24)/t17-/m0/s1. The molecule has 8 heteroatoms. The van der Waals surface area contributed by atoms with Gasteiger partial charge in [-0.1, -0.05) is 30.3 Å². The van der Waals surface area contributed by atoms with Crippen molar-refractivity contribution in [3.63, 3.8) is 0 Å². The maximum atomic E-state index is 12.6. The Morgan fingerprint density at radius 1 is 1.18 bits per heavy atom. The molecule has 0 spiro atoms. The number of hydrogen-bond acceptors (Lipinski definition) is 5. The van der Waals surface area contributed by atoms with Gasteiger partial charge < -0.3 is 10.1 Å². The summed E-state index contributed by atoms with van der Waals surface area (Å²) in [7, 11) is -3.81. The molecule has 1 aliphatic heterocycles. The maximum absolute atomic E-state index is 12.6. The minimum Gasteiger partial charge on any atom is -0.376 e. The van der Waals surface area contributed by atoms with Crippen LogP contribution in [-0.4, -0.2) is 33.6 Å². The summed E-state index contributed by atoms with van der Waals surface area (Å²) in [6.07, 6.45) is 1.86. The van der Waals surface area contributed by atoms with Crippen LogP contribution in [-0.2, 0) is 20.5 Å². The van der Waals surface area contributed by atoms with Gasteiger partial charge in [0.25, 0.3) is 5.91 Å². The zero-order valence-electron chi connectivity index (χ0n) is 15.2. The third-order valence-corrected chi connectivity index (χ3v) is 5.66. The van der Waals surface area contributed by atoms with Gasteiger partial charge in [0.1, 0.15) is 0 Å². The molecule has 1 heterocycles. The number of amides is 1.